The van der Waals surface area contributed by atoms with Crippen LogP contribution in [0.15, 0.2) is 41.5 Å². The Kier molecular flexibility index (Phi) is 6.35. The molecule has 10 heteroatoms. The van der Waals surface area contributed by atoms with E-state index in [9.17, 15) is 9.59 Å². The van der Waals surface area contributed by atoms with Crippen LogP contribution in [0.5, 0.6) is 0 Å². The molecule has 0 aliphatic heterocycles. The molecule has 0 aliphatic carbocycles. The maximum atomic E-state index is 11.8. The number of nitrogens with one attached hydrogen (secondary N) is 1. The number of nitrogens with two attached hydrogens (primary N) is 1. The summed E-state index contributed by atoms with van der Waals surface area (Å²) in [6.45, 7) is 0.658. The van der Waals surface area contributed by atoms with Gasteiger partial charge in [-0.25, -0.2) is 4.98 Å². The van der Waals surface area contributed by atoms with Gasteiger partial charge in [-0.15, -0.1) is 0 Å². The lowest BCUT2D eigenvalue weighted by molar-refractivity contribution is -0.138. The van der Waals surface area contributed by atoms with Crippen molar-refractivity contribution in [1.82, 2.24) is 19.5 Å². The third-order valence-corrected chi connectivity index (χ3v) is 4.04. The fourth-order valence-corrected chi connectivity index (χ4v) is 2.63. The molecular weight excluding hydrogens is 366 g/mol. The van der Waals surface area contributed by atoms with Crippen LogP contribution in [0.2, 0.25) is 0 Å². The first-order chi connectivity index (χ1) is 13.5. The van der Waals surface area contributed by atoms with Crippen LogP contribution in [-0.4, -0.2) is 43.3 Å². The van der Waals surface area contributed by atoms with Gasteiger partial charge in [-0.1, -0.05) is 30.3 Å². The monoisotopic (exact) mass is 387 g/mol. The number of aromatic amines is 1. The van der Waals surface area contributed by atoms with E-state index >= 15 is 0 Å². The van der Waals surface area contributed by atoms with Crippen LogP contribution in [-0.2, 0) is 27.6 Å². The summed E-state index contributed by atoms with van der Waals surface area (Å²) < 4.78 is 13.0. The second kappa shape index (κ2) is 9.11. The maximum Gasteiger partial charge on any atom is 0.303 e. The molecule has 1 unspecified atom stereocenters. The van der Waals surface area contributed by atoms with Gasteiger partial charge in [-0.3, -0.25) is 19.1 Å². The summed E-state index contributed by atoms with van der Waals surface area (Å²) in [4.78, 5) is 33.2. The molecule has 1 aromatic carbocycles. The van der Waals surface area contributed by atoms with Crippen LogP contribution in [0.4, 0.5) is 5.95 Å². The van der Waals surface area contributed by atoms with Gasteiger partial charge >= 0.3 is 5.97 Å². The summed E-state index contributed by atoms with van der Waals surface area (Å²) in [5.41, 5.74) is 6.60. The molecule has 0 fully saturated rings. The van der Waals surface area contributed by atoms with E-state index in [1.54, 1.807) is 0 Å². The Balaban J connectivity index is 1.62. The van der Waals surface area contributed by atoms with Gasteiger partial charge in [0.25, 0.3) is 5.56 Å². The zero-order valence-corrected chi connectivity index (χ0v) is 15.1. The number of nitrogens with zero attached hydrogens (tertiary/aromatic N) is 3. The molecule has 0 aliphatic rings. The van der Waals surface area contributed by atoms with Gasteiger partial charge in [-0.05, 0) is 12.0 Å². The fraction of sp³-hybridized carbons (Fsp3) is 0.333. The number of hydrogen-bond acceptors (Lipinski definition) is 7. The number of ether oxygens (including phenoxy) is 2. The molecule has 10 nitrogen and oxygen atoms in total. The second-order valence-electron chi connectivity index (χ2n) is 6.19. The first-order valence-corrected chi connectivity index (χ1v) is 8.68. The lowest BCUT2D eigenvalue weighted by Gasteiger charge is -2.18. The highest BCUT2D eigenvalue weighted by atomic mass is 16.5. The maximum absolute atomic E-state index is 11.8. The molecule has 3 aromatic rings. The number of hydrogen-bond donors (Lipinski definition) is 3. The van der Waals surface area contributed by atoms with Crippen LogP contribution in [0.3, 0.4) is 0 Å². The number of nitrogen functional groups attached to an aromatic ring is 1. The van der Waals surface area contributed by atoms with Gasteiger partial charge in [0, 0.05) is 6.42 Å². The molecule has 148 valence electrons. The summed E-state index contributed by atoms with van der Waals surface area (Å²) in [5.74, 6) is -0.932. The van der Waals surface area contributed by atoms with Crippen LogP contribution >= 0.6 is 0 Å². The highest BCUT2D eigenvalue weighted by molar-refractivity contribution is 5.70. The van der Waals surface area contributed by atoms with E-state index in [4.69, 9.17) is 20.3 Å². The van der Waals surface area contributed by atoms with Gasteiger partial charge in [0.2, 0.25) is 5.95 Å². The minimum atomic E-state index is -0.911. The number of carbonyl (C=O) groups is 1. The van der Waals surface area contributed by atoms with E-state index in [1.807, 2.05) is 30.3 Å². The molecule has 4 N–H and O–H groups in total. The Morgan fingerprint density at radius 1 is 1.32 bits per heavy atom. The molecule has 2 aromatic heterocycles. The number of carboxylic acid groups (broad SMARTS) is 1. The Hall–Kier alpha value is -3.24. The molecule has 0 radical (unpaired) electrons. The van der Waals surface area contributed by atoms with Crippen LogP contribution < -0.4 is 11.3 Å². The summed E-state index contributed by atoms with van der Waals surface area (Å²) in [6, 6.07) is 9.64. The topological polar surface area (TPSA) is 145 Å². The van der Waals surface area contributed by atoms with Crippen molar-refractivity contribution in [2.45, 2.75) is 32.3 Å². The number of carboxylic acids is 1. The number of benzene rings is 1. The summed E-state index contributed by atoms with van der Waals surface area (Å²) in [7, 11) is 0. The Labute approximate surface area is 159 Å². The molecule has 0 saturated carbocycles. The number of rotatable bonds is 10. The molecule has 0 spiro atoms. The standard InChI is InChI=1S/C18H21N5O5/c19-18-21-16-15(17(26)22-18)20-10-23(16)11-28-13(6-7-14(24)25)9-27-8-12-4-2-1-3-5-12/h1-5,10,13H,6-9,11H2,(H,24,25)(H3,19,21,22,26). The molecule has 2 heterocycles. The van der Waals surface area contributed by atoms with Crippen molar-refractivity contribution in [3.8, 4) is 0 Å². The average molecular weight is 387 g/mol. The number of anilines is 1. The molecule has 1 atom stereocenters. The Bertz CT molecular complexity index is 985. The summed E-state index contributed by atoms with van der Waals surface area (Å²) in [5, 5.41) is 8.95. The Morgan fingerprint density at radius 2 is 2.11 bits per heavy atom. The van der Waals surface area contributed by atoms with Gasteiger partial charge < -0.3 is 20.3 Å². The smallest absolute Gasteiger partial charge is 0.303 e. The Morgan fingerprint density at radius 3 is 2.86 bits per heavy atom. The predicted octanol–water partition coefficient (Wildman–Crippen LogP) is 1.13. The first kappa shape index (κ1) is 19.5. The quantitative estimate of drug-likeness (QED) is 0.469. The van der Waals surface area contributed by atoms with Crippen molar-refractivity contribution in [2.75, 3.05) is 12.3 Å². The largest absolute Gasteiger partial charge is 0.481 e. The number of imidazole rings is 1. The van der Waals surface area contributed by atoms with E-state index in [-0.39, 0.29) is 37.6 Å². The summed E-state index contributed by atoms with van der Waals surface area (Å²) >= 11 is 0. The molecule has 0 amide bonds. The van der Waals surface area contributed by atoms with Crippen molar-refractivity contribution in [1.29, 1.82) is 0 Å². The van der Waals surface area contributed by atoms with E-state index in [1.165, 1.54) is 10.9 Å². The molecule has 3 rings (SSSR count). The van der Waals surface area contributed by atoms with Gasteiger partial charge in [-0.2, -0.15) is 4.98 Å². The van der Waals surface area contributed by atoms with Gasteiger partial charge in [0.05, 0.1) is 25.6 Å². The van der Waals surface area contributed by atoms with E-state index < -0.39 is 17.6 Å². The third-order valence-electron chi connectivity index (χ3n) is 4.04. The van der Waals surface area contributed by atoms with E-state index in [2.05, 4.69) is 15.0 Å². The van der Waals surface area contributed by atoms with Crippen molar-refractivity contribution in [3.05, 3.63) is 52.6 Å². The number of fused-ring (bicyclic) bond motifs is 1. The fourth-order valence-electron chi connectivity index (χ4n) is 2.63. The van der Waals surface area contributed by atoms with Crippen molar-refractivity contribution < 1.29 is 19.4 Å². The zero-order chi connectivity index (χ0) is 19.9. The van der Waals surface area contributed by atoms with Crippen molar-refractivity contribution >= 4 is 23.1 Å². The summed E-state index contributed by atoms with van der Waals surface area (Å²) in [6.07, 6.45) is 1.21. The average Bonchev–Trinajstić information content (AvgIpc) is 3.07. The van der Waals surface area contributed by atoms with Gasteiger partial charge in [0.1, 0.15) is 6.73 Å². The predicted molar refractivity (Wildman–Crippen MR) is 100 cm³/mol. The minimum absolute atomic E-state index is 0.0205. The SMILES string of the molecule is Nc1nc2c(ncn2COC(CCC(=O)O)COCc2ccccc2)c(=O)[nH]1. The van der Waals surface area contributed by atoms with E-state index in [0.717, 1.165) is 5.56 Å². The van der Waals surface area contributed by atoms with Crippen molar-refractivity contribution in [2.24, 2.45) is 0 Å². The zero-order valence-electron chi connectivity index (χ0n) is 15.1. The minimum Gasteiger partial charge on any atom is -0.481 e. The van der Waals surface area contributed by atoms with Crippen LogP contribution in [0.25, 0.3) is 11.2 Å². The number of H-pyrrole nitrogens is 1. The third kappa shape index (κ3) is 5.15. The van der Waals surface area contributed by atoms with E-state index in [0.29, 0.717) is 12.3 Å². The highest BCUT2D eigenvalue weighted by Gasteiger charge is 2.15. The molecule has 0 bridgehead atoms. The van der Waals surface area contributed by atoms with Gasteiger partial charge in [0.15, 0.2) is 11.2 Å². The molecular formula is C18H21N5O5. The molecule has 28 heavy (non-hydrogen) atoms. The highest BCUT2D eigenvalue weighted by Crippen LogP contribution is 2.11. The number of aromatic nitrogens is 4. The van der Waals surface area contributed by atoms with Crippen molar-refractivity contribution in [3.63, 3.8) is 0 Å². The lowest BCUT2D eigenvalue weighted by Crippen LogP contribution is -2.23. The second-order valence-corrected chi connectivity index (χ2v) is 6.19. The lowest BCUT2D eigenvalue weighted by atomic mass is 10.2. The molecule has 0 saturated heterocycles. The normalized spacial score (nSPS) is 12.3. The first-order valence-electron chi connectivity index (χ1n) is 8.68. The number of aliphatic carboxylic acids is 1. The van der Waals surface area contributed by atoms with Crippen LogP contribution in [0, 0.1) is 0 Å². The van der Waals surface area contributed by atoms with Crippen LogP contribution in [0.1, 0.15) is 18.4 Å².